The minimum absolute atomic E-state index is 0.144. The third-order valence-electron chi connectivity index (χ3n) is 6.29. The van der Waals surface area contributed by atoms with Crippen LogP contribution in [0.25, 0.3) is 0 Å². The molecule has 1 amide bonds. The molecule has 1 aromatic carbocycles. The number of nitrogens with zero attached hydrogens (tertiary/aromatic N) is 2. The van der Waals surface area contributed by atoms with Crippen LogP contribution in [0.4, 0.5) is 5.69 Å². The van der Waals surface area contributed by atoms with Gasteiger partial charge in [-0.3, -0.25) is 9.59 Å². The zero-order valence-corrected chi connectivity index (χ0v) is 19.2. The Balaban J connectivity index is 1.60. The second kappa shape index (κ2) is 10.8. The van der Waals surface area contributed by atoms with Crippen molar-refractivity contribution in [1.82, 2.24) is 10.3 Å². The molecule has 1 aliphatic rings. The summed E-state index contributed by atoms with van der Waals surface area (Å²) in [6, 6.07) is 9.03. The van der Waals surface area contributed by atoms with Crippen molar-refractivity contribution in [3.63, 3.8) is 0 Å². The lowest BCUT2D eigenvalue weighted by atomic mass is 9.82. The van der Waals surface area contributed by atoms with E-state index in [1.165, 1.54) is 0 Å². The standard InChI is InChI=1S/C25H30N4O4/c1-15-10-21(24(30)28-13-17-4-7-19(8-5-17)25(31)32)27-14-22(15)29-16(2)20-11-18(12-26)6-9-23(20)33-3/h6,9-11,14,16-17,19,29H,4-5,7-8,13H2,1-3H3,(H,28,30)(H,31,32)/t16-,17?,19?/m0/s1. The predicted molar refractivity (Wildman–Crippen MR) is 124 cm³/mol. The van der Waals surface area contributed by atoms with Crippen LogP contribution >= 0.6 is 0 Å². The summed E-state index contributed by atoms with van der Waals surface area (Å²) >= 11 is 0. The van der Waals surface area contributed by atoms with Gasteiger partial charge >= 0.3 is 5.97 Å². The van der Waals surface area contributed by atoms with Crippen molar-refractivity contribution >= 4 is 17.6 Å². The van der Waals surface area contributed by atoms with Crippen LogP contribution in [-0.4, -0.2) is 35.6 Å². The van der Waals surface area contributed by atoms with E-state index in [0.717, 1.165) is 29.7 Å². The summed E-state index contributed by atoms with van der Waals surface area (Å²) in [5, 5.41) is 24.6. The van der Waals surface area contributed by atoms with E-state index < -0.39 is 5.97 Å². The maximum Gasteiger partial charge on any atom is 0.306 e. The van der Waals surface area contributed by atoms with E-state index in [-0.39, 0.29) is 17.9 Å². The molecular weight excluding hydrogens is 420 g/mol. The van der Waals surface area contributed by atoms with E-state index >= 15 is 0 Å². The zero-order chi connectivity index (χ0) is 24.0. The molecule has 0 aliphatic heterocycles. The molecule has 3 rings (SSSR count). The number of nitriles is 1. The van der Waals surface area contributed by atoms with Gasteiger partial charge in [0.15, 0.2) is 0 Å². The highest BCUT2D eigenvalue weighted by Crippen LogP contribution is 2.30. The minimum Gasteiger partial charge on any atom is -0.496 e. The van der Waals surface area contributed by atoms with Crippen LogP contribution in [0.5, 0.6) is 5.75 Å². The Bertz CT molecular complexity index is 1050. The highest BCUT2D eigenvalue weighted by molar-refractivity contribution is 5.92. The molecule has 2 aromatic rings. The van der Waals surface area contributed by atoms with E-state index in [0.29, 0.717) is 42.3 Å². The van der Waals surface area contributed by atoms with Crippen molar-refractivity contribution in [2.45, 2.75) is 45.6 Å². The molecule has 8 nitrogen and oxygen atoms in total. The first-order valence-corrected chi connectivity index (χ1v) is 11.1. The fraction of sp³-hybridized carbons (Fsp3) is 0.440. The smallest absolute Gasteiger partial charge is 0.306 e. The van der Waals surface area contributed by atoms with Crippen molar-refractivity contribution in [2.75, 3.05) is 19.0 Å². The molecule has 1 fully saturated rings. The second-order valence-corrected chi connectivity index (χ2v) is 8.58. The molecule has 174 valence electrons. The van der Waals surface area contributed by atoms with E-state index in [9.17, 15) is 14.9 Å². The van der Waals surface area contributed by atoms with E-state index in [1.807, 2.05) is 13.8 Å². The SMILES string of the molecule is COc1ccc(C#N)cc1[C@H](C)Nc1cnc(C(=O)NCC2CCC(C(=O)O)CC2)cc1C. The highest BCUT2D eigenvalue weighted by atomic mass is 16.5. The number of hydrogen-bond donors (Lipinski definition) is 3. The molecule has 0 spiro atoms. The van der Waals surface area contributed by atoms with Gasteiger partial charge in [0.1, 0.15) is 11.4 Å². The number of carboxylic acids is 1. The molecule has 1 aromatic heterocycles. The van der Waals surface area contributed by atoms with Gasteiger partial charge in [0.2, 0.25) is 0 Å². The summed E-state index contributed by atoms with van der Waals surface area (Å²) in [5.41, 5.74) is 3.41. The molecule has 8 heteroatoms. The highest BCUT2D eigenvalue weighted by Gasteiger charge is 2.26. The number of rotatable bonds is 8. The van der Waals surface area contributed by atoms with Crippen molar-refractivity contribution in [1.29, 1.82) is 5.26 Å². The normalized spacial score (nSPS) is 18.6. The van der Waals surface area contributed by atoms with Crippen LogP contribution in [0.3, 0.4) is 0 Å². The number of carbonyl (C=O) groups excluding carboxylic acids is 1. The van der Waals surface area contributed by atoms with Crippen LogP contribution in [0.1, 0.15) is 65.8 Å². The molecular formula is C25H30N4O4. The molecule has 0 unspecified atom stereocenters. The first-order chi connectivity index (χ1) is 15.8. The van der Waals surface area contributed by atoms with Crippen LogP contribution < -0.4 is 15.4 Å². The Labute approximate surface area is 194 Å². The largest absolute Gasteiger partial charge is 0.496 e. The average molecular weight is 451 g/mol. The third kappa shape index (κ3) is 6.01. The van der Waals surface area contributed by atoms with E-state index in [1.54, 1.807) is 37.6 Å². The number of aromatic nitrogens is 1. The van der Waals surface area contributed by atoms with Crippen molar-refractivity contribution in [2.24, 2.45) is 11.8 Å². The Hall–Kier alpha value is -3.60. The summed E-state index contributed by atoms with van der Waals surface area (Å²) < 4.78 is 5.43. The topological polar surface area (TPSA) is 124 Å². The lowest BCUT2D eigenvalue weighted by molar-refractivity contribution is -0.143. The van der Waals surface area contributed by atoms with Gasteiger partial charge in [0.25, 0.3) is 5.91 Å². The fourth-order valence-electron chi connectivity index (χ4n) is 4.23. The Kier molecular flexibility index (Phi) is 7.88. The number of methoxy groups -OCH3 is 1. The van der Waals surface area contributed by atoms with Crippen LogP contribution in [0.2, 0.25) is 0 Å². The number of carboxylic acid groups (broad SMARTS) is 1. The lowest BCUT2D eigenvalue weighted by Crippen LogP contribution is -2.32. The molecule has 1 heterocycles. The van der Waals surface area contributed by atoms with Gasteiger partial charge in [-0.15, -0.1) is 0 Å². The van der Waals surface area contributed by atoms with Crippen molar-refractivity contribution in [3.8, 4) is 11.8 Å². The number of carbonyl (C=O) groups is 2. The number of aryl methyl sites for hydroxylation is 1. The maximum absolute atomic E-state index is 12.6. The first kappa shape index (κ1) is 24.1. The van der Waals surface area contributed by atoms with Gasteiger partial charge in [-0.1, -0.05) is 0 Å². The number of benzene rings is 1. The van der Waals surface area contributed by atoms with E-state index in [2.05, 4.69) is 21.7 Å². The number of aliphatic carboxylic acids is 1. The molecule has 33 heavy (non-hydrogen) atoms. The number of hydrogen-bond acceptors (Lipinski definition) is 6. The summed E-state index contributed by atoms with van der Waals surface area (Å²) in [4.78, 5) is 28.0. The minimum atomic E-state index is -0.726. The van der Waals surface area contributed by atoms with E-state index in [4.69, 9.17) is 9.84 Å². The summed E-state index contributed by atoms with van der Waals surface area (Å²) in [5.74, 6) is -0.233. The molecule has 1 atom stereocenters. The second-order valence-electron chi connectivity index (χ2n) is 8.58. The van der Waals surface area contributed by atoms with Crippen molar-refractivity contribution in [3.05, 3.63) is 52.8 Å². The molecule has 0 radical (unpaired) electrons. The number of nitrogens with one attached hydrogen (secondary N) is 2. The van der Waals surface area contributed by atoms with Crippen LogP contribution in [0, 0.1) is 30.1 Å². The maximum atomic E-state index is 12.6. The summed E-state index contributed by atoms with van der Waals surface area (Å²) in [6.45, 7) is 4.40. The van der Waals surface area contributed by atoms with Gasteiger partial charge < -0.3 is 20.5 Å². The fourth-order valence-corrected chi connectivity index (χ4v) is 4.23. The molecule has 3 N–H and O–H groups in total. The summed E-state index contributed by atoms with van der Waals surface area (Å²) in [7, 11) is 1.59. The van der Waals surface area contributed by atoms with Gasteiger partial charge in [-0.25, -0.2) is 4.98 Å². The number of pyridine rings is 1. The lowest BCUT2D eigenvalue weighted by Gasteiger charge is -2.26. The molecule has 0 saturated heterocycles. The van der Waals surface area contributed by atoms with Crippen LogP contribution in [-0.2, 0) is 4.79 Å². The Morgan fingerprint density at radius 1 is 1.27 bits per heavy atom. The monoisotopic (exact) mass is 450 g/mol. The number of ether oxygens (including phenoxy) is 1. The first-order valence-electron chi connectivity index (χ1n) is 11.1. The molecule has 0 bridgehead atoms. The summed E-state index contributed by atoms with van der Waals surface area (Å²) in [6.07, 6.45) is 4.57. The molecule has 1 saturated carbocycles. The predicted octanol–water partition coefficient (Wildman–Crippen LogP) is 4.06. The van der Waals surface area contributed by atoms with Gasteiger partial charge in [-0.2, -0.15) is 5.26 Å². The van der Waals surface area contributed by atoms with Gasteiger partial charge in [-0.05, 0) is 75.3 Å². The van der Waals surface area contributed by atoms with Gasteiger partial charge in [0, 0.05) is 12.1 Å². The van der Waals surface area contributed by atoms with Crippen LogP contribution in [0.15, 0.2) is 30.5 Å². The quantitative estimate of drug-likeness (QED) is 0.554. The van der Waals surface area contributed by atoms with Crippen molar-refractivity contribution < 1.29 is 19.4 Å². The number of anilines is 1. The average Bonchev–Trinajstić information content (AvgIpc) is 2.83. The Morgan fingerprint density at radius 2 is 2.00 bits per heavy atom. The zero-order valence-electron chi connectivity index (χ0n) is 19.2. The van der Waals surface area contributed by atoms with Gasteiger partial charge in [0.05, 0.1) is 42.6 Å². The third-order valence-corrected chi connectivity index (χ3v) is 6.29. The Morgan fingerprint density at radius 3 is 2.61 bits per heavy atom. The molecule has 1 aliphatic carbocycles. The number of amides is 1.